The van der Waals surface area contributed by atoms with Gasteiger partial charge in [-0.3, -0.25) is 9.59 Å². The van der Waals surface area contributed by atoms with Crippen molar-refractivity contribution in [2.24, 2.45) is 0 Å². The first-order chi connectivity index (χ1) is 10.9. The van der Waals surface area contributed by atoms with E-state index in [2.05, 4.69) is 10.6 Å². The van der Waals surface area contributed by atoms with Crippen LogP contribution in [0.4, 0.5) is 0 Å². The zero-order valence-electron chi connectivity index (χ0n) is 13.1. The van der Waals surface area contributed by atoms with Crippen LogP contribution in [-0.2, 0) is 14.4 Å². The van der Waals surface area contributed by atoms with E-state index < -0.39 is 17.6 Å². The van der Waals surface area contributed by atoms with Gasteiger partial charge in [0.05, 0.1) is 12.5 Å². The van der Waals surface area contributed by atoms with Crippen molar-refractivity contribution in [2.75, 3.05) is 0 Å². The molecule has 0 unspecified atom stereocenters. The second-order valence-corrected chi connectivity index (χ2v) is 6.95. The molecule has 1 heterocycles. The maximum Gasteiger partial charge on any atom is 0.329 e. The molecule has 1 aliphatic rings. The van der Waals surface area contributed by atoms with Crippen molar-refractivity contribution < 1.29 is 19.5 Å². The number of carbonyl (C=O) groups excluding carboxylic acids is 2. The molecule has 1 atom stereocenters. The highest BCUT2D eigenvalue weighted by Crippen LogP contribution is 2.29. The molecule has 6 nitrogen and oxygen atoms in total. The molecule has 0 bridgehead atoms. The van der Waals surface area contributed by atoms with Crippen molar-refractivity contribution in [3.8, 4) is 0 Å². The van der Waals surface area contributed by atoms with Crippen molar-refractivity contribution >= 4 is 29.1 Å². The topological polar surface area (TPSA) is 95.5 Å². The minimum atomic E-state index is -1.16. The molecule has 7 heteroatoms. The van der Waals surface area contributed by atoms with Crippen LogP contribution < -0.4 is 10.6 Å². The summed E-state index contributed by atoms with van der Waals surface area (Å²) in [6, 6.07) is 3.28. The van der Waals surface area contributed by atoms with Gasteiger partial charge in [-0.15, -0.1) is 11.3 Å². The average Bonchev–Trinajstić information content (AvgIpc) is 3.01. The molecule has 3 N–H and O–H groups in total. The van der Waals surface area contributed by atoms with Gasteiger partial charge in [-0.05, 0) is 24.3 Å². The van der Waals surface area contributed by atoms with Gasteiger partial charge in [-0.1, -0.05) is 25.3 Å². The zero-order valence-corrected chi connectivity index (χ0v) is 13.9. The number of carboxylic acid groups (broad SMARTS) is 1. The van der Waals surface area contributed by atoms with Crippen LogP contribution in [0, 0.1) is 0 Å². The highest BCUT2D eigenvalue weighted by atomic mass is 32.1. The molecule has 2 rings (SSSR count). The fraction of sp³-hybridized carbons (Fsp3) is 0.562. The standard InChI is InChI=1S/C16H22N2O4S/c1-11(19)17-12(13-6-5-9-23-13)10-14(20)18-16(15(21)22)7-3-2-4-8-16/h5-6,9,12H,2-4,7-8,10H2,1H3,(H,17,19)(H,18,20)(H,21,22)/t12-/m1/s1. The van der Waals surface area contributed by atoms with Gasteiger partial charge in [0.25, 0.3) is 0 Å². The number of thiophene rings is 1. The van der Waals surface area contributed by atoms with Gasteiger partial charge in [0.1, 0.15) is 5.54 Å². The first-order valence-corrected chi connectivity index (χ1v) is 8.66. The molecule has 1 aliphatic carbocycles. The summed E-state index contributed by atoms with van der Waals surface area (Å²) in [5.74, 6) is -1.54. The first kappa shape index (κ1) is 17.5. The molecular formula is C16H22N2O4S. The molecular weight excluding hydrogens is 316 g/mol. The SMILES string of the molecule is CC(=O)N[C@H](CC(=O)NC1(C(=O)O)CCCCC1)c1cccs1. The molecule has 1 aromatic heterocycles. The Morgan fingerprint density at radius 3 is 2.52 bits per heavy atom. The Bertz CT molecular complexity index is 565. The average molecular weight is 338 g/mol. The molecule has 1 aromatic rings. The smallest absolute Gasteiger partial charge is 0.329 e. The second kappa shape index (κ2) is 7.59. The Morgan fingerprint density at radius 1 is 1.30 bits per heavy atom. The lowest BCUT2D eigenvalue weighted by molar-refractivity contribution is -0.149. The van der Waals surface area contributed by atoms with Crippen LogP contribution in [0.2, 0.25) is 0 Å². The third-order valence-electron chi connectivity index (χ3n) is 4.15. The van der Waals surface area contributed by atoms with Crippen molar-refractivity contribution in [3.05, 3.63) is 22.4 Å². The van der Waals surface area contributed by atoms with Gasteiger partial charge in [0, 0.05) is 11.8 Å². The minimum absolute atomic E-state index is 0.0368. The lowest BCUT2D eigenvalue weighted by Crippen LogP contribution is -2.56. The summed E-state index contributed by atoms with van der Waals surface area (Å²) >= 11 is 1.46. The van der Waals surface area contributed by atoms with Gasteiger partial charge in [-0.2, -0.15) is 0 Å². The largest absolute Gasteiger partial charge is 0.480 e. The van der Waals surface area contributed by atoms with Crippen LogP contribution in [0.15, 0.2) is 17.5 Å². The van der Waals surface area contributed by atoms with Gasteiger partial charge in [0.15, 0.2) is 0 Å². The summed E-state index contributed by atoms with van der Waals surface area (Å²) in [5.41, 5.74) is -1.16. The van der Waals surface area contributed by atoms with Crippen molar-refractivity contribution in [2.45, 2.75) is 57.0 Å². The highest BCUT2D eigenvalue weighted by Gasteiger charge is 2.41. The number of carbonyl (C=O) groups is 3. The van der Waals surface area contributed by atoms with Crippen molar-refractivity contribution in [1.29, 1.82) is 0 Å². The van der Waals surface area contributed by atoms with E-state index >= 15 is 0 Å². The summed E-state index contributed by atoms with van der Waals surface area (Å²) in [6.45, 7) is 1.40. The Balaban J connectivity index is 2.06. The molecule has 0 spiro atoms. The zero-order chi connectivity index (χ0) is 16.9. The highest BCUT2D eigenvalue weighted by molar-refractivity contribution is 7.10. The predicted molar refractivity (Wildman–Crippen MR) is 87.1 cm³/mol. The van der Waals surface area contributed by atoms with E-state index in [-0.39, 0.29) is 18.2 Å². The summed E-state index contributed by atoms with van der Waals surface area (Å²) in [4.78, 5) is 36.2. The van der Waals surface area contributed by atoms with Crippen LogP contribution in [0.1, 0.15) is 56.4 Å². The fourth-order valence-electron chi connectivity index (χ4n) is 3.01. The van der Waals surface area contributed by atoms with Gasteiger partial charge >= 0.3 is 5.97 Å². The molecule has 0 aromatic carbocycles. The number of nitrogens with one attached hydrogen (secondary N) is 2. The number of amides is 2. The number of hydrogen-bond acceptors (Lipinski definition) is 4. The van der Waals surface area contributed by atoms with Gasteiger partial charge in [0.2, 0.25) is 11.8 Å². The normalized spacial score (nSPS) is 18.0. The Labute approximate surface area is 139 Å². The van der Waals surface area contributed by atoms with E-state index in [1.165, 1.54) is 18.3 Å². The lowest BCUT2D eigenvalue weighted by Gasteiger charge is -2.34. The summed E-state index contributed by atoms with van der Waals surface area (Å²) < 4.78 is 0. The van der Waals surface area contributed by atoms with Crippen LogP contribution in [0.5, 0.6) is 0 Å². The molecule has 1 fully saturated rings. The summed E-state index contributed by atoms with van der Waals surface area (Å²) in [5, 5.41) is 16.9. The van der Waals surface area contributed by atoms with E-state index in [4.69, 9.17) is 0 Å². The summed E-state index contributed by atoms with van der Waals surface area (Å²) in [6.07, 6.45) is 3.54. The van der Waals surface area contributed by atoms with Crippen LogP contribution >= 0.6 is 11.3 Å². The van der Waals surface area contributed by atoms with E-state index in [9.17, 15) is 19.5 Å². The van der Waals surface area contributed by atoms with Gasteiger partial charge in [-0.25, -0.2) is 4.79 Å². The Kier molecular flexibility index (Phi) is 5.76. The molecule has 0 radical (unpaired) electrons. The first-order valence-electron chi connectivity index (χ1n) is 7.78. The maximum atomic E-state index is 12.4. The fourth-order valence-corrected chi connectivity index (χ4v) is 3.79. The molecule has 0 saturated heterocycles. The van der Waals surface area contributed by atoms with E-state index in [1.807, 2.05) is 17.5 Å². The molecule has 126 valence electrons. The van der Waals surface area contributed by atoms with E-state index in [1.54, 1.807) is 0 Å². The predicted octanol–water partition coefficient (Wildman–Crippen LogP) is 2.22. The quantitative estimate of drug-likeness (QED) is 0.741. The Hall–Kier alpha value is -1.89. The third-order valence-corrected chi connectivity index (χ3v) is 5.13. The molecule has 23 heavy (non-hydrogen) atoms. The van der Waals surface area contributed by atoms with E-state index in [0.29, 0.717) is 12.8 Å². The second-order valence-electron chi connectivity index (χ2n) is 5.97. The van der Waals surface area contributed by atoms with Crippen molar-refractivity contribution in [1.82, 2.24) is 10.6 Å². The lowest BCUT2D eigenvalue weighted by atomic mass is 9.81. The number of aliphatic carboxylic acids is 1. The number of carboxylic acids is 1. The maximum absolute atomic E-state index is 12.4. The van der Waals surface area contributed by atoms with E-state index in [0.717, 1.165) is 24.1 Å². The molecule has 0 aliphatic heterocycles. The molecule has 2 amide bonds. The Morgan fingerprint density at radius 2 is 2.00 bits per heavy atom. The third kappa shape index (κ3) is 4.54. The minimum Gasteiger partial charge on any atom is -0.480 e. The van der Waals surface area contributed by atoms with Crippen LogP contribution in [0.25, 0.3) is 0 Å². The molecule has 1 saturated carbocycles. The van der Waals surface area contributed by atoms with Crippen LogP contribution in [-0.4, -0.2) is 28.4 Å². The summed E-state index contributed by atoms with van der Waals surface area (Å²) in [7, 11) is 0. The van der Waals surface area contributed by atoms with Crippen molar-refractivity contribution in [3.63, 3.8) is 0 Å². The number of rotatable bonds is 6. The van der Waals surface area contributed by atoms with Gasteiger partial charge < -0.3 is 15.7 Å². The van der Waals surface area contributed by atoms with Crippen LogP contribution in [0.3, 0.4) is 0 Å². The number of hydrogen-bond donors (Lipinski definition) is 3. The monoisotopic (exact) mass is 338 g/mol.